The van der Waals surface area contributed by atoms with Crippen LogP contribution in [0.15, 0.2) is 42.5 Å². The minimum Gasteiger partial charge on any atom is -0.497 e. The first-order chi connectivity index (χ1) is 12.1. The second kappa shape index (κ2) is 7.76. The van der Waals surface area contributed by atoms with Gasteiger partial charge in [0, 0.05) is 17.3 Å². The third-order valence-electron chi connectivity index (χ3n) is 4.27. The van der Waals surface area contributed by atoms with Crippen LogP contribution in [0.1, 0.15) is 17.2 Å². The van der Waals surface area contributed by atoms with Crippen molar-refractivity contribution in [1.82, 2.24) is 4.90 Å². The molecule has 0 bridgehead atoms. The van der Waals surface area contributed by atoms with Crippen LogP contribution in [-0.2, 0) is 4.74 Å². The van der Waals surface area contributed by atoms with Gasteiger partial charge in [0.15, 0.2) is 0 Å². The largest absolute Gasteiger partial charge is 0.497 e. The van der Waals surface area contributed by atoms with Gasteiger partial charge in [-0.3, -0.25) is 0 Å². The molecule has 1 unspecified atom stereocenters. The van der Waals surface area contributed by atoms with Crippen LogP contribution in [0.2, 0.25) is 5.02 Å². The second-order valence-corrected chi connectivity index (χ2v) is 6.40. The van der Waals surface area contributed by atoms with Crippen molar-refractivity contribution >= 4 is 23.3 Å². The van der Waals surface area contributed by atoms with E-state index in [0.717, 1.165) is 22.6 Å². The first-order valence-corrected chi connectivity index (χ1v) is 8.52. The minimum absolute atomic E-state index is 0.129. The fraction of sp³-hybridized carbons (Fsp3) is 0.316. The Labute approximate surface area is 152 Å². The van der Waals surface area contributed by atoms with Gasteiger partial charge in [-0.05, 0) is 48.4 Å². The molecule has 2 amide bonds. The van der Waals surface area contributed by atoms with Gasteiger partial charge < -0.3 is 19.7 Å². The molecule has 25 heavy (non-hydrogen) atoms. The molecular weight excluding hydrogens is 340 g/mol. The van der Waals surface area contributed by atoms with Crippen LogP contribution in [0.5, 0.6) is 5.75 Å². The van der Waals surface area contributed by atoms with Crippen LogP contribution < -0.4 is 10.1 Å². The molecule has 1 aliphatic rings. The number of aryl methyl sites for hydroxylation is 1. The molecule has 0 aromatic heterocycles. The lowest BCUT2D eigenvalue weighted by Crippen LogP contribution is -2.44. The molecule has 1 heterocycles. The molecule has 1 aliphatic heterocycles. The number of halogens is 1. The van der Waals surface area contributed by atoms with Crippen molar-refractivity contribution < 1.29 is 14.3 Å². The van der Waals surface area contributed by atoms with E-state index in [1.54, 1.807) is 12.0 Å². The summed E-state index contributed by atoms with van der Waals surface area (Å²) in [5.74, 6) is 0.768. The van der Waals surface area contributed by atoms with Crippen molar-refractivity contribution in [2.24, 2.45) is 0 Å². The third-order valence-corrected chi connectivity index (χ3v) is 4.52. The summed E-state index contributed by atoms with van der Waals surface area (Å²) in [5.41, 5.74) is 2.75. The number of anilines is 1. The van der Waals surface area contributed by atoms with E-state index >= 15 is 0 Å². The van der Waals surface area contributed by atoms with E-state index in [-0.39, 0.29) is 12.1 Å². The number of amides is 2. The zero-order chi connectivity index (χ0) is 17.8. The maximum atomic E-state index is 12.6. The van der Waals surface area contributed by atoms with Crippen LogP contribution in [0.25, 0.3) is 0 Å². The SMILES string of the molecule is COc1ccc(NC(=O)N2CCOC(c3ccc(Cl)cc3)C2)c(C)c1. The minimum atomic E-state index is -0.145. The van der Waals surface area contributed by atoms with Crippen molar-refractivity contribution in [3.05, 3.63) is 58.6 Å². The van der Waals surface area contributed by atoms with E-state index in [1.165, 1.54) is 0 Å². The van der Waals surface area contributed by atoms with Crippen molar-refractivity contribution in [2.45, 2.75) is 13.0 Å². The summed E-state index contributed by atoms with van der Waals surface area (Å²) in [6.07, 6.45) is -0.145. The number of nitrogens with one attached hydrogen (secondary N) is 1. The molecular formula is C19H21ClN2O3. The molecule has 2 aromatic rings. The topological polar surface area (TPSA) is 50.8 Å². The first-order valence-electron chi connectivity index (χ1n) is 8.14. The Bertz CT molecular complexity index is 749. The maximum absolute atomic E-state index is 12.6. The average Bonchev–Trinajstić information content (AvgIpc) is 2.64. The highest BCUT2D eigenvalue weighted by Crippen LogP contribution is 2.25. The lowest BCUT2D eigenvalue weighted by atomic mass is 10.1. The quantitative estimate of drug-likeness (QED) is 0.889. The molecule has 0 aliphatic carbocycles. The number of hydrogen-bond acceptors (Lipinski definition) is 3. The van der Waals surface area contributed by atoms with Crippen LogP contribution in [0.4, 0.5) is 10.5 Å². The van der Waals surface area contributed by atoms with Gasteiger partial charge in [-0.15, -0.1) is 0 Å². The van der Waals surface area contributed by atoms with E-state index in [2.05, 4.69) is 5.32 Å². The Hall–Kier alpha value is -2.24. The molecule has 3 rings (SSSR count). The van der Waals surface area contributed by atoms with Crippen molar-refractivity contribution in [3.8, 4) is 5.75 Å². The van der Waals surface area contributed by atoms with Crippen LogP contribution in [-0.4, -0.2) is 37.7 Å². The number of carbonyl (C=O) groups is 1. The van der Waals surface area contributed by atoms with Crippen molar-refractivity contribution in [3.63, 3.8) is 0 Å². The average molecular weight is 361 g/mol. The predicted octanol–water partition coefficient (Wildman–Crippen LogP) is 4.26. The fourth-order valence-electron chi connectivity index (χ4n) is 2.81. The highest BCUT2D eigenvalue weighted by molar-refractivity contribution is 6.30. The molecule has 0 spiro atoms. The summed E-state index contributed by atoms with van der Waals surface area (Å²) < 4.78 is 11.0. The zero-order valence-electron chi connectivity index (χ0n) is 14.3. The summed E-state index contributed by atoms with van der Waals surface area (Å²) >= 11 is 5.93. The van der Waals surface area contributed by atoms with Gasteiger partial charge in [0.25, 0.3) is 0 Å². The molecule has 0 saturated carbocycles. The van der Waals surface area contributed by atoms with Crippen LogP contribution >= 0.6 is 11.6 Å². The first kappa shape index (κ1) is 17.6. The molecule has 5 nitrogen and oxygen atoms in total. The molecule has 1 saturated heterocycles. The number of urea groups is 1. The molecule has 1 N–H and O–H groups in total. The van der Waals surface area contributed by atoms with E-state index < -0.39 is 0 Å². The molecule has 132 valence electrons. The summed E-state index contributed by atoms with van der Waals surface area (Å²) in [7, 11) is 1.62. The Morgan fingerprint density at radius 3 is 2.72 bits per heavy atom. The van der Waals surface area contributed by atoms with Crippen LogP contribution in [0, 0.1) is 6.92 Å². The van der Waals surface area contributed by atoms with Gasteiger partial charge in [-0.25, -0.2) is 4.79 Å². The van der Waals surface area contributed by atoms with Crippen LogP contribution in [0.3, 0.4) is 0 Å². The number of nitrogens with zero attached hydrogens (tertiary/aromatic N) is 1. The lowest BCUT2D eigenvalue weighted by molar-refractivity contribution is -0.0135. The second-order valence-electron chi connectivity index (χ2n) is 5.97. The van der Waals surface area contributed by atoms with Gasteiger partial charge >= 0.3 is 6.03 Å². The smallest absolute Gasteiger partial charge is 0.322 e. The Kier molecular flexibility index (Phi) is 5.46. The van der Waals surface area contributed by atoms with E-state index in [9.17, 15) is 4.79 Å². The molecule has 1 fully saturated rings. The van der Waals surface area contributed by atoms with Gasteiger partial charge in [0.1, 0.15) is 11.9 Å². The molecule has 0 radical (unpaired) electrons. The predicted molar refractivity (Wildman–Crippen MR) is 98.5 cm³/mol. The summed E-state index contributed by atoms with van der Waals surface area (Å²) in [6, 6.07) is 13.0. The van der Waals surface area contributed by atoms with Gasteiger partial charge in [-0.1, -0.05) is 23.7 Å². The third kappa shape index (κ3) is 4.24. The Morgan fingerprint density at radius 2 is 2.04 bits per heavy atom. The highest BCUT2D eigenvalue weighted by Gasteiger charge is 2.25. The molecule has 2 aromatic carbocycles. The molecule has 1 atom stereocenters. The fourth-order valence-corrected chi connectivity index (χ4v) is 2.94. The lowest BCUT2D eigenvalue weighted by Gasteiger charge is -2.33. The number of benzene rings is 2. The van der Waals surface area contributed by atoms with Gasteiger partial charge in [0.2, 0.25) is 0 Å². The summed E-state index contributed by atoms with van der Waals surface area (Å²) in [5, 5.41) is 3.65. The number of carbonyl (C=O) groups excluding carboxylic acids is 1. The normalized spacial score (nSPS) is 17.2. The van der Waals surface area contributed by atoms with Crippen molar-refractivity contribution in [1.29, 1.82) is 0 Å². The highest BCUT2D eigenvalue weighted by atomic mass is 35.5. The number of methoxy groups -OCH3 is 1. The number of morpholine rings is 1. The van der Waals surface area contributed by atoms with E-state index in [4.69, 9.17) is 21.1 Å². The zero-order valence-corrected chi connectivity index (χ0v) is 15.0. The number of rotatable bonds is 3. The van der Waals surface area contributed by atoms with E-state index in [1.807, 2.05) is 49.4 Å². The molecule has 6 heteroatoms. The Morgan fingerprint density at radius 1 is 1.28 bits per heavy atom. The standard InChI is InChI=1S/C19H21ClN2O3/c1-13-11-16(24-2)7-8-17(13)21-19(23)22-9-10-25-18(12-22)14-3-5-15(20)6-4-14/h3-8,11,18H,9-10,12H2,1-2H3,(H,21,23). The Balaban J connectivity index is 1.66. The van der Waals surface area contributed by atoms with Gasteiger partial charge in [-0.2, -0.15) is 0 Å². The monoisotopic (exact) mass is 360 g/mol. The maximum Gasteiger partial charge on any atom is 0.322 e. The summed E-state index contributed by atoms with van der Waals surface area (Å²) in [6.45, 7) is 3.50. The van der Waals surface area contributed by atoms with Crippen molar-refractivity contribution in [2.75, 3.05) is 32.1 Å². The number of ether oxygens (including phenoxy) is 2. The van der Waals surface area contributed by atoms with E-state index in [0.29, 0.717) is 24.7 Å². The van der Waals surface area contributed by atoms with Gasteiger partial charge in [0.05, 0.1) is 20.3 Å². The summed E-state index contributed by atoms with van der Waals surface area (Å²) in [4.78, 5) is 14.4. The number of hydrogen-bond donors (Lipinski definition) is 1.